The summed E-state index contributed by atoms with van der Waals surface area (Å²) >= 11 is 0. The van der Waals surface area contributed by atoms with E-state index in [2.05, 4.69) is 75.6 Å². The number of hydrogen-bond donors (Lipinski definition) is 1. The Morgan fingerprint density at radius 3 is 2.62 bits per heavy atom. The van der Waals surface area contributed by atoms with Crippen molar-refractivity contribution in [3.63, 3.8) is 0 Å². The second-order valence-corrected chi connectivity index (χ2v) is 8.87. The SMILES string of the molecule is CN=C(NCC(C)N1CCc2ccccc2C1)N1CCC(COCc2ccccc2)C1.I. The maximum absolute atomic E-state index is 5.98. The molecule has 1 saturated heterocycles. The van der Waals surface area contributed by atoms with Gasteiger partial charge in [0.05, 0.1) is 13.2 Å². The fourth-order valence-electron chi connectivity index (χ4n) is 4.67. The van der Waals surface area contributed by atoms with Crippen LogP contribution in [0.5, 0.6) is 0 Å². The van der Waals surface area contributed by atoms with Gasteiger partial charge in [0.25, 0.3) is 0 Å². The molecule has 174 valence electrons. The molecule has 0 aromatic heterocycles. The Labute approximate surface area is 210 Å². The Hall–Kier alpha value is -1.64. The van der Waals surface area contributed by atoms with Crippen molar-refractivity contribution in [2.75, 3.05) is 39.8 Å². The van der Waals surface area contributed by atoms with Gasteiger partial charge in [-0.05, 0) is 36.5 Å². The number of nitrogens with one attached hydrogen (secondary N) is 1. The molecule has 1 N–H and O–H groups in total. The first-order valence-corrected chi connectivity index (χ1v) is 11.6. The van der Waals surface area contributed by atoms with Gasteiger partial charge in [0.1, 0.15) is 0 Å². The van der Waals surface area contributed by atoms with E-state index in [4.69, 9.17) is 4.74 Å². The highest BCUT2D eigenvalue weighted by molar-refractivity contribution is 14.0. The number of benzene rings is 2. The fraction of sp³-hybridized carbons (Fsp3) is 0.500. The molecule has 0 amide bonds. The molecule has 2 aliphatic rings. The lowest BCUT2D eigenvalue weighted by atomic mass is 9.99. The number of ether oxygens (including phenoxy) is 1. The Bertz CT molecular complexity index is 860. The van der Waals surface area contributed by atoms with Gasteiger partial charge in [-0.2, -0.15) is 0 Å². The molecule has 0 aliphatic carbocycles. The minimum Gasteiger partial charge on any atom is -0.376 e. The van der Waals surface area contributed by atoms with Crippen molar-refractivity contribution >= 4 is 29.9 Å². The molecule has 2 unspecified atom stereocenters. The molecular weight excluding hydrogens is 511 g/mol. The van der Waals surface area contributed by atoms with Gasteiger partial charge >= 0.3 is 0 Å². The molecule has 2 atom stereocenters. The standard InChI is InChI=1S/C26H36N4O.HI/c1-21(29-15-13-24-10-6-7-11-25(24)18-29)16-28-26(27-2)30-14-12-23(17-30)20-31-19-22-8-4-3-5-9-22;/h3-11,21,23H,12-20H2,1-2H3,(H,27,28);1H. The van der Waals surface area contributed by atoms with Crippen molar-refractivity contribution in [3.05, 3.63) is 71.3 Å². The van der Waals surface area contributed by atoms with Crippen molar-refractivity contribution in [3.8, 4) is 0 Å². The summed E-state index contributed by atoms with van der Waals surface area (Å²) in [6.45, 7) is 8.97. The molecule has 2 heterocycles. The third-order valence-corrected chi connectivity index (χ3v) is 6.60. The average molecular weight is 549 g/mol. The molecule has 5 nitrogen and oxygen atoms in total. The van der Waals surface area contributed by atoms with E-state index >= 15 is 0 Å². The van der Waals surface area contributed by atoms with Crippen LogP contribution >= 0.6 is 24.0 Å². The maximum atomic E-state index is 5.98. The highest BCUT2D eigenvalue weighted by Crippen LogP contribution is 2.20. The van der Waals surface area contributed by atoms with Gasteiger partial charge in [0, 0.05) is 51.7 Å². The Balaban J connectivity index is 0.00000289. The Morgan fingerprint density at radius 2 is 1.84 bits per heavy atom. The normalized spacial score (nSPS) is 19.9. The predicted molar refractivity (Wildman–Crippen MR) is 143 cm³/mol. The largest absolute Gasteiger partial charge is 0.376 e. The van der Waals surface area contributed by atoms with Gasteiger partial charge < -0.3 is 15.0 Å². The van der Waals surface area contributed by atoms with Gasteiger partial charge in [-0.1, -0.05) is 54.6 Å². The van der Waals surface area contributed by atoms with Crippen molar-refractivity contribution in [2.45, 2.75) is 39.0 Å². The smallest absolute Gasteiger partial charge is 0.193 e. The predicted octanol–water partition coefficient (Wildman–Crippen LogP) is 4.17. The summed E-state index contributed by atoms with van der Waals surface area (Å²) in [5, 5.41) is 3.63. The number of aliphatic imine (C=N–C) groups is 1. The van der Waals surface area contributed by atoms with Crippen LogP contribution in [0.4, 0.5) is 0 Å². The van der Waals surface area contributed by atoms with Gasteiger partial charge in [0.2, 0.25) is 0 Å². The van der Waals surface area contributed by atoms with Gasteiger partial charge in [-0.3, -0.25) is 9.89 Å². The summed E-state index contributed by atoms with van der Waals surface area (Å²) in [6, 6.07) is 19.7. The number of fused-ring (bicyclic) bond motifs is 1. The number of rotatable bonds is 7. The molecule has 0 bridgehead atoms. The summed E-state index contributed by atoms with van der Waals surface area (Å²) in [5.74, 6) is 1.59. The van der Waals surface area contributed by atoms with E-state index in [0.29, 0.717) is 18.6 Å². The molecule has 0 saturated carbocycles. The first-order valence-electron chi connectivity index (χ1n) is 11.6. The molecule has 6 heteroatoms. The van der Waals surface area contributed by atoms with Crippen molar-refractivity contribution in [1.29, 1.82) is 0 Å². The van der Waals surface area contributed by atoms with Crippen molar-refractivity contribution in [1.82, 2.24) is 15.1 Å². The highest BCUT2D eigenvalue weighted by Gasteiger charge is 2.26. The van der Waals surface area contributed by atoms with Crippen LogP contribution in [-0.2, 0) is 24.3 Å². The van der Waals surface area contributed by atoms with Crippen LogP contribution in [0.25, 0.3) is 0 Å². The molecule has 2 aromatic carbocycles. The van der Waals surface area contributed by atoms with E-state index in [-0.39, 0.29) is 24.0 Å². The molecule has 1 fully saturated rings. The number of halogens is 1. The summed E-state index contributed by atoms with van der Waals surface area (Å²) in [7, 11) is 1.89. The Morgan fingerprint density at radius 1 is 1.09 bits per heavy atom. The summed E-state index contributed by atoms with van der Waals surface area (Å²) in [6.07, 6.45) is 2.31. The zero-order valence-corrected chi connectivity index (χ0v) is 21.7. The van der Waals surface area contributed by atoms with E-state index in [1.54, 1.807) is 0 Å². The zero-order chi connectivity index (χ0) is 21.5. The summed E-state index contributed by atoms with van der Waals surface area (Å²) < 4.78 is 5.98. The lowest BCUT2D eigenvalue weighted by Gasteiger charge is -2.34. The first kappa shape index (κ1) is 25.0. The number of hydrogen-bond acceptors (Lipinski definition) is 3. The van der Waals surface area contributed by atoms with Crippen molar-refractivity contribution in [2.24, 2.45) is 10.9 Å². The third-order valence-electron chi connectivity index (χ3n) is 6.60. The van der Waals surface area contributed by atoms with Crippen LogP contribution in [-0.4, -0.2) is 61.6 Å². The van der Waals surface area contributed by atoms with E-state index in [9.17, 15) is 0 Å². The summed E-state index contributed by atoms with van der Waals surface area (Å²) in [5.41, 5.74) is 4.22. The van der Waals surface area contributed by atoms with Crippen molar-refractivity contribution < 1.29 is 4.74 Å². The first-order chi connectivity index (χ1) is 15.2. The molecule has 2 aliphatic heterocycles. The van der Waals surface area contributed by atoms with Crippen LogP contribution in [0.15, 0.2) is 59.6 Å². The highest BCUT2D eigenvalue weighted by atomic mass is 127. The topological polar surface area (TPSA) is 40.1 Å². The molecule has 0 radical (unpaired) electrons. The van der Waals surface area contributed by atoms with Crippen LogP contribution in [0.1, 0.15) is 30.0 Å². The van der Waals surface area contributed by atoms with Crippen LogP contribution in [0, 0.1) is 5.92 Å². The van der Waals surface area contributed by atoms with Crippen LogP contribution < -0.4 is 5.32 Å². The lowest BCUT2D eigenvalue weighted by Crippen LogP contribution is -2.48. The molecule has 32 heavy (non-hydrogen) atoms. The lowest BCUT2D eigenvalue weighted by molar-refractivity contribution is 0.0906. The van der Waals surface area contributed by atoms with Gasteiger partial charge in [-0.25, -0.2) is 0 Å². The maximum Gasteiger partial charge on any atom is 0.193 e. The quantitative estimate of drug-likeness (QED) is 0.321. The van der Waals surface area contributed by atoms with E-state index in [1.165, 1.54) is 16.7 Å². The van der Waals surface area contributed by atoms with E-state index in [0.717, 1.165) is 58.1 Å². The number of nitrogens with zero attached hydrogens (tertiary/aromatic N) is 3. The average Bonchev–Trinajstić information content (AvgIpc) is 3.28. The molecular formula is C26H37IN4O. The minimum atomic E-state index is 0. The zero-order valence-electron chi connectivity index (χ0n) is 19.4. The van der Waals surface area contributed by atoms with Crippen LogP contribution in [0.2, 0.25) is 0 Å². The second kappa shape index (κ2) is 12.6. The fourth-order valence-corrected chi connectivity index (χ4v) is 4.67. The second-order valence-electron chi connectivity index (χ2n) is 8.87. The van der Waals surface area contributed by atoms with E-state index < -0.39 is 0 Å². The van der Waals surface area contributed by atoms with Gasteiger partial charge in [0.15, 0.2) is 5.96 Å². The molecule has 4 rings (SSSR count). The van der Waals surface area contributed by atoms with E-state index in [1.807, 2.05) is 13.1 Å². The monoisotopic (exact) mass is 548 g/mol. The third kappa shape index (κ3) is 6.68. The minimum absolute atomic E-state index is 0. The number of guanidine groups is 1. The molecule has 2 aromatic rings. The summed E-state index contributed by atoms with van der Waals surface area (Å²) in [4.78, 5) is 9.52. The van der Waals surface area contributed by atoms with Gasteiger partial charge in [-0.15, -0.1) is 24.0 Å². The molecule has 0 spiro atoms. The number of likely N-dealkylation sites (tertiary alicyclic amines) is 1. The Kier molecular flexibility index (Phi) is 9.81. The van der Waals surface area contributed by atoms with Crippen LogP contribution in [0.3, 0.4) is 0 Å².